The fraction of sp³-hybridized carbons (Fsp3) is 1.00. The lowest BCUT2D eigenvalue weighted by Gasteiger charge is -1.68. The molecule has 0 N–H and O–H groups in total. The van der Waals surface area contributed by atoms with Crippen molar-refractivity contribution in [3.8, 4) is 0 Å². The van der Waals surface area contributed by atoms with E-state index >= 15 is 0 Å². The van der Waals surface area contributed by atoms with Gasteiger partial charge in [-0.25, -0.2) is 0 Å². The molecule has 0 saturated carbocycles. The molecule has 0 fully saturated rings. The highest BCUT2D eigenvalue weighted by atomic mass is 32.1. The predicted octanol–water partition coefficient (Wildman–Crippen LogP) is 2.45. The van der Waals surface area contributed by atoms with E-state index in [1.165, 1.54) is 12.8 Å². The quantitative estimate of drug-likeness (QED) is 0.464. The van der Waals surface area contributed by atoms with Crippen LogP contribution in [0.4, 0.5) is 0 Å². The van der Waals surface area contributed by atoms with Gasteiger partial charge < -0.3 is 0 Å². The molecule has 0 aromatic rings. The first-order chi connectivity index (χ1) is 1.91. The third-order valence-corrected chi connectivity index (χ3v) is 0.500. The smallest absolute Gasteiger partial charge is 0 e. The third-order valence-electron chi connectivity index (χ3n) is 0.500. The van der Waals surface area contributed by atoms with Crippen molar-refractivity contribution in [3.63, 3.8) is 0 Å². The van der Waals surface area contributed by atoms with Gasteiger partial charge in [-0.15, -0.1) is 0 Å². The molecule has 0 aliphatic rings. The highest BCUT2D eigenvalue weighted by molar-refractivity contribution is 7.59. The van der Waals surface area contributed by atoms with E-state index in [-0.39, 0.29) is 13.5 Å². The van der Waals surface area contributed by atoms with Crippen LogP contribution in [0.25, 0.3) is 0 Å². The second kappa shape index (κ2) is 8.84. The maximum absolute atomic E-state index is 2.18. The van der Waals surface area contributed by atoms with Gasteiger partial charge in [0.05, 0.1) is 0 Å². The van der Waals surface area contributed by atoms with Crippen molar-refractivity contribution in [1.82, 2.24) is 0 Å². The molecular formula is C4H10S. The van der Waals surface area contributed by atoms with Crippen LogP contribution >= 0.6 is 13.5 Å². The van der Waals surface area contributed by atoms with Gasteiger partial charge in [0.15, 0.2) is 0 Å². The van der Waals surface area contributed by atoms with Crippen molar-refractivity contribution in [2.75, 3.05) is 0 Å². The molecule has 0 rings (SSSR count). The van der Waals surface area contributed by atoms with Gasteiger partial charge in [-0.3, -0.25) is 0 Å². The number of unbranched alkanes of at least 4 members (excludes halogenated alkanes) is 1. The van der Waals surface area contributed by atoms with Gasteiger partial charge in [0.2, 0.25) is 0 Å². The van der Waals surface area contributed by atoms with E-state index in [4.69, 9.17) is 0 Å². The Hall–Kier alpha value is 0.350. The number of hydrogen-bond acceptors (Lipinski definition) is 0. The van der Waals surface area contributed by atoms with E-state index in [0.717, 1.165) is 0 Å². The first-order valence-electron chi connectivity index (χ1n) is 1.91. The molecule has 0 spiro atoms. The Bertz CT molecular complexity index is 5.61. The Morgan fingerprint density at radius 2 is 1.20 bits per heavy atom. The largest absolute Gasteiger partial charge is 0.0654 e. The molecular weight excluding hydrogens is 80.1 g/mol. The summed E-state index contributed by atoms with van der Waals surface area (Å²) in [5.41, 5.74) is 0. The Morgan fingerprint density at radius 3 is 1.20 bits per heavy atom. The van der Waals surface area contributed by atoms with Gasteiger partial charge in [-0.2, -0.15) is 0 Å². The van der Waals surface area contributed by atoms with Crippen LogP contribution in [0, 0.1) is 0 Å². The Kier molecular flexibility index (Phi) is 15.9. The van der Waals surface area contributed by atoms with Crippen molar-refractivity contribution in [3.05, 3.63) is 0 Å². The maximum Gasteiger partial charge on any atom is 0 e. The van der Waals surface area contributed by atoms with Crippen LogP contribution in [0.3, 0.4) is 0 Å². The summed E-state index contributed by atoms with van der Waals surface area (Å²) < 4.78 is 0. The first-order valence-corrected chi connectivity index (χ1v) is 1.91. The SMILES string of the molecule is CCCC.[S]. The highest BCUT2D eigenvalue weighted by Crippen LogP contribution is 1.76. The molecule has 0 amide bonds. The monoisotopic (exact) mass is 90.1 g/mol. The van der Waals surface area contributed by atoms with E-state index in [9.17, 15) is 0 Å². The Morgan fingerprint density at radius 1 is 1.00 bits per heavy atom. The minimum atomic E-state index is 0. The van der Waals surface area contributed by atoms with E-state index in [0.29, 0.717) is 0 Å². The zero-order chi connectivity index (χ0) is 3.41. The fourth-order valence-electron chi connectivity index (χ4n) is 0. The van der Waals surface area contributed by atoms with Crippen LogP contribution in [0.15, 0.2) is 0 Å². The van der Waals surface area contributed by atoms with Crippen molar-refractivity contribution in [1.29, 1.82) is 0 Å². The van der Waals surface area contributed by atoms with E-state index in [2.05, 4.69) is 13.8 Å². The van der Waals surface area contributed by atoms with E-state index in [1.807, 2.05) is 0 Å². The summed E-state index contributed by atoms with van der Waals surface area (Å²) in [6.45, 7) is 4.36. The standard InChI is InChI=1S/C4H10.S/c1-3-4-2;/h3-4H2,1-2H3;. The molecule has 0 saturated heterocycles. The number of rotatable bonds is 1. The van der Waals surface area contributed by atoms with Crippen molar-refractivity contribution < 1.29 is 0 Å². The summed E-state index contributed by atoms with van der Waals surface area (Å²) in [5.74, 6) is 0. The molecule has 5 heavy (non-hydrogen) atoms. The minimum absolute atomic E-state index is 0. The van der Waals surface area contributed by atoms with Gasteiger partial charge in [0.1, 0.15) is 0 Å². The van der Waals surface area contributed by atoms with Crippen molar-refractivity contribution in [2.45, 2.75) is 26.7 Å². The minimum Gasteiger partial charge on any atom is -0.0654 e. The molecule has 1 heteroatoms. The summed E-state index contributed by atoms with van der Waals surface area (Å²) in [6.07, 6.45) is 2.64. The van der Waals surface area contributed by atoms with Crippen LogP contribution in [-0.2, 0) is 0 Å². The molecule has 2 radical (unpaired) electrons. The molecule has 0 atom stereocenters. The third kappa shape index (κ3) is 13.2. The molecule has 0 heterocycles. The Labute approximate surface area is 41.0 Å². The summed E-state index contributed by atoms with van der Waals surface area (Å²) in [7, 11) is 0. The average molecular weight is 90.2 g/mol. The van der Waals surface area contributed by atoms with Crippen LogP contribution in [0.5, 0.6) is 0 Å². The summed E-state index contributed by atoms with van der Waals surface area (Å²) in [6, 6.07) is 0. The van der Waals surface area contributed by atoms with Gasteiger partial charge in [0, 0.05) is 13.5 Å². The molecule has 0 aromatic heterocycles. The maximum atomic E-state index is 2.18. The van der Waals surface area contributed by atoms with Crippen molar-refractivity contribution in [2.24, 2.45) is 0 Å². The molecule has 0 aliphatic heterocycles. The predicted molar refractivity (Wildman–Crippen MR) is 28.2 cm³/mol. The van der Waals surface area contributed by atoms with Gasteiger partial charge in [-0.1, -0.05) is 26.7 Å². The number of hydrogen-bond donors (Lipinski definition) is 0. The summed E-state index contributed by atoms with van der Waals surface area (Å²) >= 11 is 0. The van der Waals surface area contributed by atoms with Crippen LogP contribution in [0.1, 0.15) is 26.7 Å². The zero-order valence-electron chi connectivity index (χ0n) is 3.82. The summed E-state index contributed by atoms with van der Waals surface area (Å²) in [4.78, 5) is 0. The lowest BCUT2D eigenvalue weighted by Crippen LogP contribution is -1.47. The normalized spacial score (nSPS) is 6.00. The molecule has 0 aromatic carbocycles. The molecule has 0 bridgehead atoms. The van der Waals surface area contributed by atoms with Gasteiger partial charge in [0.25, 0.3) is 0 Å². The molecule has 0 aliphatic carbocycles. The van der Waals surface area contributed by atoms with Crippen molar-refractivity contribution >= 4 is 13.5 Å². The Balaban J connectivity index is 0. The highest BCUT2D eigenvalue weighted by Gasteiger charge is 1.56. The zero-order valence-corrected chi connectivity index (χ0v) is 4.64. The van der Waals surface area contributed by atoms with Crippen LogP contribution in [-0.4, -0.2) is 0 Å². The van der Waals surface area contributed by atoms with Gasteiger partial charge >= 0.3 is 0 Å². The molecule has 0 unspecified atom stereocenters. The van der Waals surface area contributed by atoms with Crippen LogP contribution in [0.2, 0.25) is 0 Å². The average Bonchev–Trinajstić information content (AvgIpc) is 1.37. The lowest BCUT2D eigenvalue weighted by molar-refractivity contribution is 0.886. The second-order valence-corrected chi connectivity index (χ2v) is 1.000. The second-order valence-electron chi connectivity index (χ2n) is 1.000. The fourth-order valence-corrected chi connectivity index (χ4v) is 0. The lowest BCUT2D eigenvalue weighted by atomic mass is 10.4. The topological polar surface area (TPSA) is 0 Å². The molecule has 32 valence electrons. The summed E-state index contributed by atoms with van der Waals surface area (Å²) in [5, 5.41) is 0. The van der Waals surface area contributed by atoms with E-state index in [1.54, 1.807) is 0 Å². The first kappa shape index (κ1) is 9.02. The molecule has 0 nitrogen and oxygen atoms in total. The van der Waals surface area contributed by atoms with E-state index < -0.39 is 0 Å². The van der Waals surface area contributed by atoms with Gasteiger partial charge in [-0.05, 0) is 0 Å². The van der Waals surface area contributed by atoms with Crippen LogP contribution < -0.4 is 0 Å².